The van der Waals surface area contributed by atoms with Gasteiger partial charge in [-0.15, -0.1) is 53.6 Å². The smallest absolute Gasteiger partial charge is 0.135 e. The van der Waals surface area contributed by atoms with Crippen LogP contribution in [-0.4, -0.2) is 9.55 Å². The van der Waals surface area contributed by atoms with Gasteiger partial charge in [-0.1, -0.05) is 191 Å². The molecule has 6 heteroatoms. The number of allylic oxidation sites excluding steroid dienone is 1. The number of fused-ring (bicyclic) bond motifs is 3. The number of aromatic nitrogens is 2. The van der Waals surface area contributed by atoms with Crippen molar-refractivity contribution in [1.29, 1.82) is 0 Å². The molecule has 0 saturated heterocycles. The van der Waals surface area contributed by atoms with Crippen LogP contribution in [0.4, 0.5) is 11.4 Å². The van der Waals surface area contributed by atoms with E-state index in [9.17, 15) is 0 Å². The van der Waals surface area contributed by atoms with Crippen molar-refractivity contribution in [3.8, 4) is 39.6 Å². The van der Waals surface area contributed by atoms with Crippen molar-refractivity contribution >= 4 is 33.2 Å². The zero-order chi connectivity index (χ0) is 49.2. The number of rotatable bonds is 9. The first-order valence-corrected chi connectivity index (χ1v) is 24.5. The molecule has 0 saturated carbocycles. The molecule has 0 radical (unpaired) electrons. The fourth-order valence-electron chi connectivity index (χ4n) is 9.55. The van der Waals surface area contributed by atoms with Crippen molar-refractivity contribution in [2.45, 2.75) is 92.4 Å². The molecule has 0 bridgehead atoms. The van der Waals surface area contributed by atoms with E-state index >= 15 is 0 Å². The topological polar surface area (TPSA) is 33.5 Å². The summed E-state index contributed by atoms with van der Waals surface area (Å²) in [5.41, 5.74) is 13.9. The maximum atomic E-state index is 7.05. The van der Waals surface area contributed by atoms with Crippen LogP contribution in [0, 0.1) is 24.2 Å². The minimum atomic E-state index is -0.375. The van der Waals surface area contributed by atoms with Gasteiger partial charge in [0.1, 0.15) is 5.82 Å². The van der Waals surface area contributed by atoms with Gasteiger partial charge in [0.15, 0.2) is 0 Å². The molecular formula is C65H63N4OPt-3. The van der Waals surface area contributed by atoms with Gasteiger partial charge in [-0.2, -0.15) is 6.07 Å². The average Bonchev–Trinajstić information content (AvgIpc) is 3.95. The molecule has 0 N–H and O–H groups in total. The second-order valence-corrected chi connectivity index (χ2v) is 22.4. The molecule has 0 atom stereocenters. The van der Waals surface area contributed by atoms with Gasteiger partial charge in [-0.25, -0.2) is 4.98 Å². The molecule has 0 unspecified atom stereocenters. The number of benzene rings is 7. The second kappa shape index (κ2) is 18.8. The number of hydrogen-bond acceptors (Lipinski definition) is 4. The zero-order valence-corrected chi connectivity index (χ0v) is 45.1. The Hall–Kier alpha value is -6.68. The van der Waals surface area contributed by atoms with E-state index in [1.807, 2.05) is 12.3 Å². The Balaban J connectivity index is 0.00000624. The Morgan fingerprint density at radius 3 is 1.79 bits per heavy atom. The van der Waals surface area contributed by atoms with Crippen LogP contribution in [0.1, 0.15) is 98.4 Å². The van der Waals surface area contributed by atoms with Gasteiger partial charge in [-0.3, -0.25) is 0 Å². The molecule has 71 heavy (non-hydrogen) atoms. The molecule has 362 valence electrons. The first-order chi connectivity index (χ1) is 33.3. The first kappa shape index (κ1) is 49.3. The average molecular weight is 1110 g/mol. The Labute approximate surface area is 436 Å². The molecule has 3 heterocycles. The Morgan fingerprint density at radius 2 is 1.14 bits per heavy atom. The van der Waals surface area contributed by atoms with E-state index < -0.39 is 0 Å². The van der Waals surface area contributed by atoms with Crippen LogP contribution >= 0.6 is 0 Å². The van der Waals surface area contributed by atoms with E-state index in [2.05, 4.69) is 273 Å². The van der Waals surface area contributed by atoms with E-state index in [1.165, 1.54) is 33.4 Å². The molecule has 9 aromatic rings. The summed E-state index contributed by atoms with van der Waals surface area (Å²) in [4.78, 5) is 9.56. The van der Waals surface area contributed by atoms with E-state index in [1.54, 1.807) is 0 Å². The summed E-state index contributed by atoms with van der Waals surface area (Å²) in [5, 5.41) is 2.20. The van der Waals surface area contributed by atoms with Gasteiger partial charge in [0.2, 0.25) is 0 Å². The molecule has 2 aromatic heterocycles. The molecule has 0 fully saturated rings. The summed E-state index contributed by atoms with van der Waals surface area (Å²) in [7, 11) is 0. The van der Waals surface area contributed by atoms with Gasteiger partial charge in [0.25, 0.3) is 0 Å². The molecule has 0 aliphatic carbocycles. The second-order valence-electron chi connectivity index (χ2n) is 22.4. The molecule has 1 aliphatic rings. The van der Waals surface area contributed by atoms with Crippen molar-refractivity contribution in [2.24, 2.45) is 5.41 Å². The van der Waals surface area contributed by atoms with Crippen LogP contribution in [0.15, 0.2) is 182 Å². The van der Waals surface area contributed by atoms with E-state index in [4.69, 9.17) is 9.72 Å². The Bertz CT molecular complexity index is 3410. The fraction of sp³-hybridized carbons (Fsp3) is 0.231. The van der Waals surface area contributed by atoms with E-state index in [-0.39, 0.29) is 42.7 Å². The summed E-state index contributed by atoms with van der Waals surface area (Å²) < 4.78 is 9.28. The zero-order valence-electron chi connectivity index (χ0n) is 42.8. The van der Waals surface area contributed by atoms with Crippen LogP contribution in [0.2, 0.25) is 0 Å². The monoisotopic (exact) mass is 1110 g/mol. The molecule has 0 amide bonds. The van der Waals surface area contributed by atoms with Crippen LogP contribution in [0.25, 0.3) is 49.9 Å². The van der Waals surface area contributed by atoms with Crippen LogP contribution in [0.3, 0.4) is 0 Å². The molecular weight excluding hydrogens is 1050 g/mol. The first-order valence-electron chi connectivity index (χ1n) is 24.5. The SMILES string of the molecule is CC(C)(C)C1=CN(c2cc(-c3ccccc3)cc(C(C)(C)C)c2)[CH-]N1c1[c-]c(Oc2[c-]c3c(cc2)c2cc(-c4ccccc4)ccc2n3-c2cc(C(C)(C)C)ccn2)cc(C(C)(C)c2ccccc2)c1.[Pt]. The van der Waals surface area contributed by atoms with Gasteiger partial charge in [0.05, 0.1) is 0 Å². The molecule has 1 aliphatic heterocycles. The molecule has 0 spiro atoms. The van der Waals surface area contributed by atoms with Crippen LogP contribution in [0.5, 0.6) is 11.5 Å². The normalized spacial score (nSPS) is 13.4. The van der Waals surface area contributed by atoms with E-state index in [0.29, 0.717) is 11.5 Å². The molecule has 10 rings (SSSR count). The van der Waals surface area contributed by atoms with Crippen molar-refractivity contribution in [2.75, 3.05) is 9.80 Å². The predicted molar refractivity (Wildman–Crippen MR) is 293 cm³/mol. The molecule has 7 aromatic carbocycles. The van der Waals surface area contributed by atoms with Crippen molar-refractivity contribution in [1.82, 2.24) is 9.55 Å². The Morgan fingerprint density at radius 1 is 0.493 bits per heavy atom. The fourth-order valence-corrected chi connectivity index (χ4v) is 9.55. The summed E-state index contributed by atoms with van der Waals surface area (Å²) in [6.45, 7) is 27.2. The minimum absolute atomic E-state index is 0. The minimum Gasteiger partial charge on any atom is -0.509 e. The summed E-state index contributed by atoms with van der Waals surface area (Å²) in [6, 6.07) is 66.2. The third-order valence-corrected chi connectivity index (χ3v) is 13.8. The quantitative estimate of drug-likeness (QED) is 0.135. The van der Waals surface area contributed by atoms with Crippen molar-refractivity contribution in [3.05, 3.63) is 223 Å². The number of ether oxygens (including phenoxy) is 1. The van der Waals surface area contributed by atoms with Gasteiger partial charge in [0, 0.05) is 61.1 Å². The van der Waals surface area contributed by atoms with Gasteiger partial charge in [-0.05, 0) is 97.1 Å². The maximum absolute atomic E-state index is 7.05. The third kappa shape index (κ3) is 9.87. The summed E-state index contributed by atoms with van der Waals surface area (Å²) >= 11 is 0. The summed E-state index contributed by atoms with van der Waals surface area (Å²) in [5.74, 6) is 2.04. The van der Waals surface area contributed by atoms with Crippen molar-refractivity contribution < 1.29 is 25.8 Å². The van der Waals surface area contributed by atoms with Crippen LogP contribution in [-0.2, 0) is 37.3 Å². The number of anilines is 2. The standard InChI is InChI=1S/C65H63N4O.Pt/c1-62(2,3)49-31-32-66-61(39-49)69-58-30-27-46(44-21-15-12-16-22-44)35-57(58)56-29-28-54(41-59(56)69)70-55-38-51(65(10,11)48-25-19-14-20-26-48)37-53(40-55)68-43-67(42-60(68)64(7,8)9)52-34-47(45-23-17-13-18-24-45)33-50(36-52)63(4,5)6;/h12-39,42-43H,1-11H3;/q-3;. The predicted octanol–water partition coefficient (Wildman–Crippen LogP) is 17.2. The number of nitrogens with zero attached hydrogens (tertiary/aromatic N) is 4. The maximum Gasteiger partial charge on any atom is 0.135 e. The number of hydrogen-bond donors (Lipinski definition) is 0. The van der Waals surface area contributed by atoms with E-state index in [0.717, 1.165) is 55.8 Å². The van der Waals surface area contributed by atoms with Gasteiger partial charge < -0.3 is 19.1 Å². The molecule has 5 nitrogen and oxygen atoms in total. The van der Waals surface area contributed by atoms with Crippen LogP contribution < -0.4 is 14.5 Å². The summed E-state index contributed by atoms with van der Waals surface area (Å²) in [6.07, 6.45) is 4.20. The number of pyridine rings is 1. The van der Waals surface area contributed by atoms with Gasteiger partial charge >= 0.3 is 0 Å². The largest absolute Gasteiger partial charge is 0.509 e. The third-order valence-electron chi connectivity index (χ3n) is 13.8. The Kier molecular flexibility index (Phi) is 13.1. The van der Waals surface area contributed by atoms with Crippen molar-refractivity contribution in [3.63, 3.8) is 0 Å².